The first kappa shape index (κ1) is 12.1. The van der Waals surface area contributed by atoms with Crippen molar-refractivity contribution in [3.63, 3.8) is 0 Å². The van der Waals surface area contributed by atoms with E-state index in [0.29, 0.717) is 0 Å². The standard InChI is InChI=1S/C7H6Cl2N2O4/c8-5-2(6(9)11-1-10-5)3(12)4(13)7(14)15/h1,3-4,12-13H,(H,14,15). The average molecular weight is 253 g/mol. The molecule has 0 fully saturated rings. The first-order valence-electron chi connectivity index (χ1n) is 3.70. The number of hydrogen-bond donors (Lipinski definition) is 3. The number of aliphatic carboxylic acids is 1. The Morgan fingerprint density at radius 1 is 1.27 bits per heavy atom. The predicted octanol–water partition coefficient (Wildman–Crippen LogP) is 0.262. The number of nitrogens with zero attached hydrogens (tertiary/aromatic N) is 2. The number of carboxylic acid groups (broad SMARTS) is 1. The lowest BCUT2D eigenvalue weighted by molar-refractivity contribution is -0.153. The molecule has 1 aromatic rings. The second-order valence-corrected chi connectivity index (χ2v) is 3.31. The third-order valence-electron chi connectivity index (χ3n) is 1.63. The molecule has 0 spiro atoms. The third-order valence-corrected chi connectivity index (χ3v) is 2.24. The van der Waals surface area contributed by atoms with Gasteiger partial charge in [-0.2, -0.15) is 0 Å². The number of halogens is 2. The fraction of sp³-hybridized carbons (Fsp3) is 0.286. The van der Waals surface area contributed by atoms with Crippen LogP contribution >= 0.6 is 23.2 Å². The van der Waals surface area contributed by atoms with E-state index in [1.165, 1.54) is 0 Å². The Hall–Kier alpha value is -0.950. The molecule has 82 valence electrons. The van der Waals surface area contributed by atoms with Crippen molar-refractivity contribution < 1.29 is 20.1 Å². The average Bonchev–Trinajstić information content (AvgIpc) is 2.15. The minimum absolute atomic E-state index is 0.206. The fourth-order valence-corrected chi connectivity index (χ4v) is 1.43. The molecule has 15 heavy (non-hydrogen) atoms. The Bertz CT molecular complexity index is 367. The molecule has 0 saturated carbocycles. The molecule has 0 aromatic carbocycles. The van der Waals surface area contributed by atoms with Crippen LogP contribution in [0.2, 0.25) is 10.3 Å². The van der Waals surface area contributed by atoms with Crippen LogP contribution in [0.3, 0.4) is 0 Å². The van der Waals surface area contributed by atoms with Gasteiger partial charge in [0.25, 0.3) is 0 Å². The van der Waals surface area contributed by atoms with Crippen LogP contribution in [0.15, 0.2) is 6.33 Å². The highest BCUT2D eigenvalue weighted by molar-refractivity contribution is 6.34. The van der Waals surface area contributed by atoms with Gasteiger partial charge in [-0.05, 0) is 0 Å². The smallest absolute Gasteiger partial charge is 0.335 e. The van der Waals surface area contributed by atoms with Crippen LogP contribution in [0.25, 0.3) is 0 Å². The van der Waals surface area contributed by atoms with Crippen molar-refractivity contribution >= 4 is 29.2 Å². The van der Waals surface area contributed by atoms with Crippen molar-refractivity contribution in [2.75, 3.05) is 0 Å². The van der Waals surface area contributed by atoms with E-state index in [2.05, 4.69) is 9.97 Å². The maximum atomic E-state index is 10.4. The lowest BCUT2D eigenvalue weighted by Gasteiger charge is -2.15. The van der Waals surface area contributed by atoms with E-state index in [4.69, 9.17) is 33.4 Å². The van der Waals surface area contributed by atoms with E-state index in [1.807, 2.05) is 0 Å². The number of rotatable bonds is 3. The quantitative estimate of drug-likeness (QED) is 0.667. The summed E-state index contributed by atoms with van der Waals surface area (Å²) in [5.41, 5.74) is -0.212. The molecule has 6 nitrogen and oxygen atoms in total. The van der Waals surface area contributed by atoms with Crippen LogP contribution in [0.1, 0.15) is 11.7 Å². The number of carbonyl (C=O) groups is 1. The molecule has 0 aliphatic heterocycles. The topological polar surface area (TPSA) is 104 Å². The van der Waals surface area contributed by atoms with Gasteiger partial charge in [-0.1, -0.05) is 23.2 Å². The number of carboxylic acids is 1. The molecule has 0 radical (unpaired) electrons. The molecule has 3 N–H and O–H groups in total. The molecule has 1 heterocycles. The Morgan fingerprint density at radius 3 is 2.13 bits per heavy atom. The monoisotopic (exact) mass is 252 g/mol. The van der Waals surface area contributed by atoms with Crippen molar-refractivity contribution in [1.82, 2.24) is 9.97 Å². The molecule has 1 aromatic heterocycles. The zero-order chi connectivity index (χ0) is 11.6. The third kappa shape index (κ3) is 2.54. The second kappa shape index (κ2) is 4.71. The number of hydrogen-bond acceptors (Lipinski definition) is 5. The highest BCUT2D eigenvalue weighted by Crippen LogP contribution is 2.28. The van der Waals surface area contributed by atoms with Gasteiger partial charge in [0.1, 0.15) is 22.7 Å². The summed E-state index contributed by atoms with van der Waals surface area (Å²) in [7, 11) is 0. The molecule has 0 bridgehead atoms. The lowest BCUT2D eigenvalue weighted by atomic mass is 10.1. The molecule has 0 aliphatic carbocycles. The van der Waals surface area contributed by atoms with E-state index in [0.717, 1.165) is 6.33 Å². The molecular formula is C7H6Cl2N2O4. The first-order chi connectivity index (χ1) is 6.95. The normalized spacial score (nSPS) is 14.7. The van der Waals surface area contributed by atoms with Gasteiger partial charge in [-0.15, -0.1) is 0 Å². The van der Waals surface area contributed by atoms with Crippen molar-refractivity contribution in [3.05, 3.63) is 22.2 Å². The maximum Gasteiger partial charge on any atom is 0.335 e. The molecule has 0 amide bonds. The number of aromatic nitrogens is 2. The summed E-state index contributed by atoms with van der Waals surface area (Å²) in [5, 5.41) is 26.6. The first-order valence-corrected chi connectivity index (χ1v) is 4.45. The largest absolute Gasteiger partial charge is 0.479 e. The maximum absolute atomic E-state index is 10.4. The van der Waals surface area contributed by atoms with E-state index < -0.39 is 18.2 Å². The van der Waals surface area contributed by atoms with Crippen molar-refractivity contribution in [2.24, 2.45) is 0 Å². The summed E-state index contributed by atoms with van der Waals surface area (Å²) in [6.07, 6.45) is -2.76. The zero-order valence-electron chi connectivity index (χ0n) is 7.13. The van der Waals surface area contributed by atoms with Crippen molar-refractivity contribution in [3.8, 4) is 0 Å². The predicted molar refractivity (Wildman–Crippen MR) is 50.7 cm³/mol. The van der Waals surface area contributed by atoms with Gasteiger partial charge < -0.3 is 15.3 Å². The Balaban J connectivity index is 3.10. The summed E-state index contributed by atoms with van der Waals surface area (Å²) < 4.78 is 0. The van der Waals surface area contributed by atoms with Gasteiger partial charge in [-0.25, -0.2) is 14.8 Å². The van der Waals surface area contributed by atoms with Gasteiger partial charge in [0.05, 0.1) is 5.56 Å². The summed E-state index contributed by atoms with van der Waals surface area (Å²) in [5.74, 6) is -1.60. The van der Waals surface area contributed by atoms with Gasteiger partial charge in [0.2, 0.25) is 0 Å². The van der Waals surface area contributed by atoms with Gasteiger partial charge in [0.15, 0.2) is 6.10 Å². The van der Waals surface area contributed by atoms with E-state index in [-0.39, 0.29) is 15.9 Å². The van der Waals surface area contributed by atoms with E-state index >= 15 is 0 Å². The van der Waals surface area contributed by atoms with E-state index in [9.17, 15) is 9.90 Å². The SMILES string of the molecule is O=C(O)C(O)C(O)c1c(Cl)ncnc1Cl. The van der Waals surface area contributed by atoms with Gasteiger partial charge in [-0.3, -0.25) is 0 Å². The number of aliphatic hydroxyl groups excluding tert-OH is 2. The minimum atomic E-state index is -2.04. The summed E-state index contributed by atoms with van der Waals surface area (Å²) >= 11 is 11.1. The lowest BCUT2D eigenvalue weighted by Crippen LogP contribution is -2.28. The molecule has 2 unspecified atom stereocenters. The van der Waals surface area contributed by atoms with Crippen LogP contribution in [0.4, 0.5) is 0 Å². The van der Waals surface area contributed by atoms with Crippen LogP contribution < -0.4 is 0 Å². The van der Waals surface area contributed by atoms with Crippen LogP contribution in [0, 0.1) is 0 Å². The summed E-state index contributed by atoms with van der Waals surface area (Å²) in [6, 6.07) is 0. The Morgan fingerprint density at radius 2 is 1.73 bits per heavy atom. The molecule has 0 aliphatic rings. The molecular weight excluding hydrogens is 247 g/mol. The minimum Gasteiger partial charge on any atom is -0.479 e. The van der Waals surface area contributed by atoms with Crippen LogP contribution in [0.5, 0.6) is 0 Å². The molecule has 8 heteroatoms. The van der Waals surface area contributed by atoms with Crippen LogP contribution in [-0.4, -0.2) is 37.4 Å². The molecule has 1 rings (SSSR count). The van der Waals surface area contributed by atoms with Crippen molar-refractivity contribution in [1.29, 1.82) is 0 Å². The van der Waals surface area contributed by atoms with Gasteiger partial charge >= 0.3 is 5.97 Å². The molecule has 2 atom stereocenters. The van der Waals surface area contributed by atoms with E-state index in [1.54, 1.807) is 0 Å². The zero-order valence-corrected chi connectivity index (χ0v) is 8.64. The highest BCUT2D eigenvalue weighted by atomic mass is 35.5. The van der Waals surface area contributed by atoms with Crippen LogP contribution in [-0.2, 0) is 4.79 Å². The second-order valence-electron chi connectivity index (χ2n) is 2.60. The van der Waals surface area contributed by atoms with Gasteiger partial charge in [0, 0.05) is 0 Å². The Kier molecular flexibility index (Phi) is 3.81. The van der Waals surface area contributed by atoms with Crippen molar-refractivity contribution in [2.45, 2.75) is 12.2 Å². The highest BCUT2D eigenvalue weighted by Gasteiger charge is 2.29. The number of aliphatic hydroxyl groups is 2. The summed E-state index contributed by atoms with van der Waals surface area (Å²) in [4.78, 5) is 17.4. The summed E-state index contributed by atoms with van der Waals surface area (Å²) in [6.45, 7) is 0. The fourth-order valence-electron chi connectivity index (χ4n) is 0.891. The molecule has 0 saturated heterocycles. The Labute approximate surface area is 94.1 Å².